The minimum absolute atomic E-state index is 0.0205. The van der Waals surface area contributed by atoms with E-state index in [-0.39, 0.29) is 17.8 Å². The van der Waals surface area contributed by atoms with Crippen LogP contribution in [-0.4, -0.2) is 44.7 Å². The molecular formula is C18H23Cl2N5O. The van der Waals surface area contributed by atoms with Gasteiger partial charge in [-0.2, -0.15) is 0 Å². The van der Waals surface area contributed by atoms with E-state index in [9.17, 15) is 4.79 Å². The lowest BCUT2D eigenvalue weighted by atomic mass is 9.92. The first kappa shape index (κ1) is 19.1. The predicted molar refractivity (Wildman–Crippen MR) is 103 cm³/mol. The van der Waals surface area contributed by atoms with E-state index in [1.165, 1.54) is 0 Å². The number of amides is 1. The molecule has 2 atom stereocenters. The molecule has 1 saturated heterocycles. The Balaban J connectivity index is 1.97. The highest BCUT2D eigenvalue weighted by Gasteiger charge is 2.32. The Hall–Kier alpha value is -1.63. The van der Waals surface area contributed by atoms with E-state index in [4.69, 9.17) is 28.9 Å². The van der Waals surface area contributed by atoms with Gasteiger partial charge >= 0.3 is 0 Å². The lowest BCUT2D eigenvalue weighted by Gasteiger charge is -2.37. The minimum Gasteiger partial charge on any atom is -0.332 e. The molecule has 8 heteroatoms. The highest BCUT2D eigenvalue weighted by atomic mass is 35.5. The van der Waals surface area contributed by atoms with Crippen LogP contribution >= 0.6 is 23.2 Å². The molecule has 0 spiro atoms. The fraction of sp³-hybridized carbons (Fsp3) is 0.500. The zero-order valence-electron chi connectivity index (χ0n) is 15.0. The second-order valence-corrected chi connectivity index (χ2v) is 7.52. The maximum absolute atomic E-state index is 13.0. The summed E-state index contributed by atoms with van der Waals surface area (Å²) in [5.41, 5.74) is 6.43. The number of nitrogens with zero attached hydrogens (tertiary/aromatic N) is 4. The standard InChI is InChI=1S/C18H23Cl2N5O/c1-3-15-22-17(18(26)24-8-7-11(2)9-12(24)10-21)23-25(15)16-13(19)5-4-6-14(16)20/h4-6,11-12H,3,7-10,21H2,1-2H3. The highest BCUT2D eigenvalue weighted by molar-refractivity contribution is 6.37. The Morgan fingerprint density at radius 2 is 2.04 bits per heavy atom. The third-order valence-electron chi connectivity index (χ3n) is 4.84. The molecule has 1 aromatic heterocycles. The van der Waals surface area contributed by atoms with Gasteiger partial charge < -0.3 is 10.6 Å². The van der Waals surface area contributed by atoms with Crippen LogP contribution in [0.15, 0.2) is 18.2 Å². The van der Waals surface area contributed by atoms with E-state index in [2.05, 4.69) is 17.0 Å². The van der Waals surface area contributed by atoms with Crippen LogP contribution in [0.1, 0.15) is 43.1 Å². The molecule has 26 heavy (non-hydrogen) atoms. The van der Waals surface area contributed by atoms with Gasteiger partial charge in [0, 0.05) is 25.6 Å². The van der Waals surface area contributed by atoms with Crippen molar-refractivity contribution in [1.29, 1.82) is 0 Å². The van der Waals surface area contributed by atoms with Crippen molar-refractivity contribution >= 4 is 29.1 Å². The molecule has 2 heterocycles. The molecule has 1 aromatic carbocycles. The number of aryl methyl sites for hydroxylation is 1. The fourth-order valence-electron chi connectivity index (χ4n) is 3.41. The summed E-state index contributed by atoms with van der Waals surface area (Å²) in [7, 11) is 0. The molecule has 0 aliphatic carbocycles. The van der Waals surface area contributed by atoms with E-state index >= 15 is 0 Å². The van der Waals surface area contributed by atoms with Crippen molar-refractivity contribution in [3.8, 4) is 5.69 Å². The van der Waals surface area contributed by atoms with Gasteiger partial charge in [0.25, 0.3) is 5.91 Å². The van der Waals surface area contributed by atoms with Gasteiger partial charge in [0.1, 0.15) is 11.5 Å². The van der Waals surface area contributed by atoms with Crippen molar-refractivity contribution in [3.63, 3.8) is 0 Å². The van der Waals surface area contributed by atoms with Crippen molar-refractivity contribution < 1.29 is 4.79 Å². The van der Waals surface area contributed by atoms with Gasteiger partial charge in [-0.25, -0.2) is 9.67 Å². The van der Waals surface area contributed by atoms with Crippen LogP contribution in [0.2, 0.25) is 10.0 Å². The molecule has 1 aliphatic rings. The molecule has 2 N–H and O–H groups in total. The number of nitrogens with two attached hydrogens (primary N) is 1. The molecule has 6 nitrogen and oxygen atoms in total. The number of hydrogen-bond donors (Lipinski definition) is 1. The molecule has 0 radical (unpaired) electrons. The highest BCUT2D eigenvalue weighted by Crippen LogP contribution is 2.29. The van der Waals surface area contributed by atoms with Gasteiger partial charge in [-0.15, -0.1) is 5.10 Å². The van der Waals surface area contributed by atoms with Crippen LogP contribution < -0.4 is 5.73 Å². The lowest BCUT2D eigenvalue weighted by Crippen LogP contribution is -2.49. The Bertz CT molecular complexity index is 787. The quantitative estimate of drug-likeness (QED) is 0.860. The number of likely N-dealkylation sites (tertiary alicyclic amines) is 1. The average molecular weight is 396 g/mol. The van der Waals surface area contributed by atoms with E-state index < -0.39 is 0 Å². The number of carbonyl (C=O) groups excluding carboxylic acids is 1. The van der Waals surface area contributed by atoms with Gasteiger partial charge in [0.05, 0.1) is 10.0 Å². The van der Waals surface area contributed by atoms with E-state index in [0.29, 0.717) is 47.0 Å². The summed E-state index contributed by atoms with van der Waals surface area (Å²) in [6.45, 7) is 5.25. The first-order chi connectivity index (χ1) is 12.5. The molecule has 2 aromatic rings. The second kappa shape index (κ2) is 7.94. The molecule has 0 bridgehead atoms. The van der Waals surface area contributed by atoms with Crippen LogP contribution in [0.25, 0.3) is 5.69 Å². The molecule has 1 fully saturated rings. The zero-order chi connectivity index (χ0) is 18.8. The smallest absolute Gasteiger partial charge is 0.293 e. The molecule has 3 rings (SSSR count). The van der Waals surface area contributed by atoms with E-state index in [0.717, 1.165) is 12.8 Å². The molecule has 1 aliphatic heterocycles. The Labute approximate surface area is 163 Å². The predicted octanol–water partition coefficient (Wildman–Crippen LogP) is 3.34. The molecule has 140 valence electrons. The SMILES string of the molecule is CCc1nc(C(=O)N2CCC(C)CC2CN)nn1-c1c(Cl)cccc1Cl. The van der Waals surface area contributed by atoms with Crippen molar-refractivity contribution in [3.05, 3.63) is 39.9 Å². The number of benzene rings is 1. The number of halogens is 2. The van der Waals surface area contributed by atoms with Gasteiger partial charge in [-0.3, -0.25) is 4.79 Å². The molecule has 0 saturated carbocycles. The third kappa shape index (κ3) is 3.59. The summed E-state index contributed by atoms with van der Waals surface area (Å²) in [4.78, 5) is 19.3. The minimum atomic E-state index is -0.191. The second-order valence-electron chi connectivity index (χ2n) is 6.70. The maximum atomic E-state index is 13.0. The lowest BCUT2D eigenvalue weighted by molar-refractivity contribution is 0.0561. The molecule has 2 unspecified atom stereocenters. The largest absolute Gasteiger partial charge is 0.332 e. The summed E-state index contributed by atoms with van der Waals surface area (Å²) >= 11 is 12.6. The van der Waals surface area contributed by atoms with Crippen molar-refractivity contribution in [2.45, 2.75) is 39.2 Å². The van der Waals surface area contributed by atoms with Crippen molar-refractivity contribution in [1.82, 2.24) is 19.7 Å². The number of piperidine rings is 1. The van der Waals surface area contributed by atoms with Crippen molar-refractivity contribution in [2.75, 3.05) is 13.1 Å². The first-order valence-corrected chi connectivity index (χ1v) is 9.63. The van der Waals surface area contributed by atoms with Crippen LogP contribution in [0.4, 0.5) is 0 Å². The van der Waals surface area contributed by atoms with Gasteiger partial charge in [0.2, 0.25) is 5.82 Å². The zero-order valence-corrected chi connectivity index (χ0v) is 16.5. The van der Waals surface area contributed by atoms with Gasteiger partial charge in [0.15, 0.2) is 0 Å². The number of para-hydroxylation sites is 1. The Morgan fingerprint density at radius 3 is 2.65 bits per heavy atom. The van der Waals surface area contributed by atoms with E-state index in [1.54, 1.807) is 27.8 Å². The number of aromatic nitrogens is 3. The summed E-state index contributed by atoms with van der Waals surface area (Å²) in [5, 5.41) is 5.36. The van der Waals surface area contributed by atoms with Gasteiger partial charge in [-0.05, 0) is 30.9 Å². The fourth-order valence-corrected chi connectivity index (χ4v) is 3.96. The Kier molecular flexibility index (Phi) is 5.85. The summed E-state index contributed by atoms with van der Waals surface area (Å²) in [5.74, 6) is 1.17. The number of rotatable bonds is 4. The topological polar surface area (TPSA) is 77.0 Å². The first-order valence-electron chi connectivity index (χ1n) is 8.87. The summed E-state index contributed by atoms with van der Waals surface area (Å²) < 4.78 is 1.57. The summed E-state index contributed by atoms with van der Waals surface area (Å²) in [6.07, 6.45) is 2.46. The third-order valence-corrected chi connectivity index (χ3v) is 5.45. The number of hydrogen-bond acceptors (Lipinski definition) is 4. The molecule has 1 amide bonds. The van der Waals surface area contributed by atoms with Crippen LogP contribution in [0.5, 0.6) is 0 Å². The van der Waals surface area contributed by atoms with Gasteiger partial charge in [-0.1, -0.05) is 43.1 Å². The van der Waals surface area contributed by atoms with Crippen LogP contribution in [0, 0.1) is 5.92 Å². The van der Waals surface area contributed by atoms with Crippen molar-refractivity contribution in [2.24, 2.45) is 11.7 Å². The van der Waals surface area contributed by atoms with E-state index in [1.807, 2.05) is 6.92 Å². The number of carbonyl (C=O) groups is 1. The van der Waals surface area contributed by atoms with Crippen LogP contribution in [-0.2, 0) is 6.42 Å². The summed E-state index contributed by atoms with van der Waals surface area (Å²) in [6, 6.07) is 5.26. The average Bonchev–Trinajstić information content (AvgIpc) is 3.05. The monoisotopic (exact) mass is 395 g/mol. The normalized spacial score (nSPS) is 20.4. The maximum Gasteiger partial charge on any atom is 0.293 e. The Morgan fingerprint density at radius 1 is 1.35 bits per heavy atom. The van der Waals surface area contributed by atoms with Crippen LogP contribution in [0.3, 0.4) is 0 Å². The molecular weight excluding hydrogens is 373 g/mol.